The molecule has 2 rings (SSSR count). The van der Waals surface area contributed by atoms with Crippen molar-refractivity contribution in [3.63, 3.8) is 0 Å². The molecule has 0 saturated heterocycles. The normalized spacial score (nSPS) is 12.2. The van der Waals surface area contributed by atoms with Crippen molar-refractivity contribution in [3.8, 4) is 11.5 Å². The highest BCUT2D eigenvalue weighted by Gasteiger charge is 2.26. The van der Waals surface area contributed by atoms with E-state index in [1.807, 2.05) is 0 Å². The molecule has 0 aliphatic rings. The quantitative estimate of drug-likeness (QED) is 0.830. The second-order valence-corrected chi connectivity index (χ2v) is 5.74. The lowest BCUT2D eigenvalue weighted by atomic mass is 10.3. The number of aryl methyl sites for hydroxylation is 1. The number of furan rings is 1. The van der Waals surface area contributed by atoms with E-state index in [0.717, 1.165) is 0 Å². The van der Waals surface area contributed by atoms with E-state index in [0.29, 0.717) is 24.5 Å². The molecule has 2 heterocycles. The van der Waals surface area contributed by atoms with Gasteiger partial charge < -0.3 is 8.83 Å². The lowest BCUT2D eigenvalue weighted by Crippen LogP contribution is -2.30. The first-order valence-corrected chi connectivity index (χ1v) is 7.32. The molecule has 104 valence electrons. The van der Waals surface area contributed by atoms with Crippen LogP contribution in [0.2, 0.25) is 0 Å². The van der Waals surface area contributed by atoms with Crippen LogP contribution < -0.4 is 0 Å². The first kappa shape index (κ1) is 13.8. The molecule has 7 nitrogen and oxygen atoms in total. The summed E-state index contributed by atoms with van der Waals surface area (Å²) in [5.74, 6) is 0.645. The summed E-state index contributed by atoms with van der Waals surface area (Å²) in [6.45, 7) is 5.96. The fourth-order valence-electron chi connectivity index (χ4n) is 1.67. The highest BCUT2D eigenvalue weighted by Crippen LogP contribution is 2.25. The van der Waals surface area contributed by atoms with Crippen molar-refractivity contribution in [2.75, 3.05) is 13.1 Å². The van der Waals surface area contributed by atoms with Gasteiger partial charge in [0.15, 0.2) is 0 Å². The second kappa shape index (κ2) is 5.14. The van der Waals surface area contributed by atoms with Crippen LogP contribution in [0, 0.1) is 6.92 Å². The third-order valence-corrected chi connectivity index (χ3v) is 4.57. The van der Waals surface area contributed by atoms with E-state index in [-0.39, 0.29) is 11.0 Å². The molecule has 0 saturated carbocycles. The molecule has 19 heavy (non-hydrogen) atoms. The van der Waals surface area contributed by atoms with Gasteiger partial charge in [0.25, 0.3) is 15.9 Å². The van der Waals surface area contributed by atoms with Crippen LogP contribution in [0.1, 0.15) is 19.7 Å². The molecule has 2 aromatic rings. The van der Waals surface area contributed by atoms with Gasteiger partial charge in [-0.25, -0.2) is 8.42 Å². The van der Waals surface area contributed by atoms with Crippen LogP contribution >= 0.6 is 0 Å². The molecule has 0 aliphatic heterocycles. The number of hydrogen-bond acceptors (Lipinski definition) is 6. The summed E-state index contributed by atoms with van der Waals surface area (Å²) in [5, 5.41) is 7.37. The van der Waals surface area contributed by atoms with E-state index in [9.17, 15) is 8.42 Å². The van der Waals surface area contributed by atoms with Gasteiger partial charge in [0.2, 0.25) is 11.0 Å². The topological polar surface area (TPSA) is 89.4 Å². The minimum Gasteiger partial charge on any atom is -0.451 e. The van der Waals surface area contributed by atoms with Crippen molar-refractivity contribution in [1.29, 1.82) is 0 Å². The highest BCUT2D eigenvalue weighted by molar-refractivity contribution is 7.89. The Morgan fingerprint density at radius 2 is 1.95 bits per heavy atom. The summed E-state index contributed by atoms with van der Waals surface area (Å²) in [4.78, 5) is 0. The number of rotatable bonds is 5. The fraction of sp³-hybridized carbons (Fsp3) is 0.455. The molecule has 0 fully saturated rings. The second-order valence-electron chi connectivity index (χ2n) is 3.87. The van der Waals surface area contributed by atoms with Gasteiger partial charge >= 0.3 is 0 Å². The van der Waals surface area contributed by atoms with Crippen molar-refractivity contribution >= 4 is 10.0 Å². The molecule has 0 spiro atoms. The Balaban J connectivity index is 2.36. The van der Waals surface area contributed by atoms with Crippen molar-refractivity contribution in [3.05, 3.63) is 18.2 Å². The Kier molecular flexibility index (Phi) is 3.72. The van der Waals surface area contributed by atoms with Gasteiger partial charge in [-0.3, -0.25) is 0 Å². The van der Waals surface area contributed by atoms with Crippen molar-refractivity contribution < 1.29 is 17.3 Å². The van der Waals surface area contributed by atoms with Gasteiger partial charge in [0.1, 0.15) is 6.26 Å². The van der Waals surface area contributed by atoms with Crippen LogP contribution in [-0.4, -0.2) is 36.0 Å². The van der Waals surface area contributed by atoms with Crippen LogP contribution in [0.3, 0.4) is 0 Å². The lowest BCUT2D eigenvalue weighted by molar-refractivity contribution is 0.397. The van der Waals surface area contributed by atoms with E-state index in [2.05, 4.69) is 10.2 Å². The Bertz CT molecular complexity index is 655. The van der Waals surface area contributed by atoms with Gasteiger partial charge in [0.05, 0.1) is 5.56 Å². The molecule has 0 unspecified atom stereocenters. The lowest BCUT2D eigenvalue weighted by Gasteiger charge is -2.15. The summed E-state index contributed by atoms with van der Waals surface area (Å²) in [6, 6.07) is 1.39. The van der Waals surface area contributed by atoms with E-state index in [4.69, 9.17) is 8.83 Å². The van der Waals surface area contributed by atoms with Crippen molar-refractivity contribution in [1.82, 2.24) is 14.5 Å². The van der Waals surface area contributed by atoms with Crippen LogP contribution in [0.25, 0.3) is 11.5 Å². The zero-order chi connectivity index (χ0) is 14.0. The van der Waals surface area contributed by atoms with E-state index < -0.39 is 10.0 Å². The van der Waals surface area contributed by atoms with Gasteiger partial charge in [0, 0.05) is 26.1 Å². The maximum Gasteiger partial charge on any atom is 0.276 e. The molecular formula is C11H15N3O4S. The Hall–Kier alpha value is -1.67. The highest BCUT2D eigenvalue weighted by atomic mass is 32.2. The molecular weight excluding hydrogens is 270 g/mol. The van der Waals surface area contributed by atoms with Crippen molar-refractivity contribution in [2.24, 2.45) is 0 Å². The maximum atomic E-state index is 12.2. The molecule has 0 atom stereocenters. The SMILES string of the molecule is CCN(CC)S(=O)(=O)c1cc(-c2nnc(C)o2)co1. The largest absolute Gasteiger partial charge is 0.451 e. The van der Waals surface area contributed by atoms with E-state index in [1.165, 1.54) is 16.6 Å². The average molecular weight is 285 g/mol. The monoisotopic (exact) mass is 285 g/mol. The summed E-state index contributed by atoms with van der Waals surface area (Å²) >= 11 is 0. The third-order valence-electron chi connectivity index (χ3n) is 2.65. The minimum atomic E-state index is -3.60. The smallest absolute Gasteiger partial charge is 0.276 e. The zero-order valence-corrected chi connectivity index (χ0v) is 11.8. The third kappa shape index (κ3) is 2.54. The van der Waals surface area contributed by atoms with Crippen LogP contribution in [0.5, 0.6) is 0 Å². The Morgan fingerprint density at radius 3 is 2.47 bits per heavy atom. The molecule has 8 heteroatoms. The number of nitrogens with zero attached hydrogens (tertiary/aromatic N) is 3. The van der Waals surface area contributed by atoms with Crippen LogP contribution in [0.4, 0.5) is 0 Å². The summed E-state index contributed by atoms with van der Waals surface area (Å²) in [5.41, 5.74) is 0.450. The van der Waals surface area contributed by atoms with Gasteiger partial charge in [-0.15, -0.1) is 10.2 Å². The van der Waals surface area contributed by atoms with Crippen LogP contribution in [0.15, 0.2) is 26.3 Å². The van der Waals surface area contributed by atoms with Gasteiger partial charge in [-0.1, -0.05) is 13.8 Å². The molecule has 0 radical (unpaired) electrons. The first-order chi connectivity index (χ1) is 8.98. The molecule has 0 amide bonds. The maximum absolute atomic E-state index is 12.2. The Labute approximate surface area is 111 Å². The number of sulfonamides is 1. The average Bonchev–Trinajstić information content (AvgIpc) is 2.98. The molecule has 0 aromatic carbocycles. The summed E-state index contributed by atoms with van der Waals surface area (Å²) < 4.78 is 36.1. The molecule has 0 aliphatic carbocycles. The number of aromatic nitrogens is 2. The molecule has 0 N–H and O–H groups in total. The summed E-state index contributed by atoms with van der Waals surface area (Å²) in [7, 11) is -3.60. The Morgan fingerprint density at radius 1 is 1.26 bits per heavy atom. The predicted octanol–water partition coefficient (Wildman–Crippen LogP) is 1.67. The standard InChI is InChI=1S/C11H15N3O4S/c1-4-14(5-2)19(15,16)10-6-9(7-17-10)11-13-12-8(3)18-11/h6-7H,4-5H2,1-3H3. The van der Waals surface area contributed by atoms with Gasteiger partial charge in [-0.2, -0.15) is 4.31 Å². The van der Waals surface area contributed by atoms with Crippen molar-refractivity contribution in [2.45, 2.75) is 25.9 Å². The summed E-state index contributed by atoms with van der Waals surface area (Å²) in [6.07, 6.45) is 1.29. The first-order valence-electron chi connectivity index (χ1n) is 5.88. The molecule has 2 aromatic heterocycles. The minimum absolute atomic E-state index is 0.123. The van der Waals surface area contributed by atoms with Gasteiger partial charge in [-0.05, 0) is 0 Å². The zero-order valence-electron chi connectivity index (χ0n) is 11.0. The van der Waals surface area contributed by atoms with Crippen LogP contribution in [-0.2, 0) is 10.0 Å². The van der Waals surface area contributed by atoms with E-state index in [1.54, 1.807) is 20.8 Å². The fourth-order valence-corrected chi connectivity index (χ4v) is 3.05. The number of hydrogen-bond donors (Lipinski definition) is 0. The van der Waals surface area contributed by atoms with E-state index >= 15 is 0 Å². The predicted molar refractivity (Wildman–Crippen MR) is 66.8 cm³/mol. The molecule has 0 bridgehead atoms.